The maximum Gasteiger partial charge on any atom is 0.412 e. The molecule has 2 aromatic rings. The standard InChI is InChI=1S/C37H46N6O7/c1-37(2,3)50-36(46)40-30-14-8-7-13-29(30)39-34(44)31-16-15-27(23-38-31)24-43(18-10-9-17-42-19-21-47-22-20-42)35(45)41-33-26-48-25-32(49-33)28-11-5-4-6-12-28/h4-5,7-8,11,13-16,23,25-26H,6,9-10,12,17-22,24H2,1-3H3,(H,39,44)(H,40,46)(H,41,45). The van der Waals surface area contributed by atoms with E-state index >= 15 is 0 Å². The molecule has 1 saturated heterocycles. The van der Waals surface area contributed by atoms with Crippen LogP contribution >= 0.6 is 0 Å². The van der Waals surface area contributed by atoms with E-state index in [2.05, 4.69) is 31.9 Å². The van der Waals surface area contributed by atoms with E-state index in [9.17, 15) is 14.4 Å². The van der Waals surface area contributed by atoms with Gasteiger partial charge in [0.2, 0.25) is 5.88 Å². The predicted molar refractivity (Wildman–Crippen MR) is 189 cm³/mol. The molecule has 13 nitrogen and oxygen atoms in total. The number of nitrogens with one attached hydrogen (secondary N) is 3. The average Bonchev–Trinajstić information content (AvgIpc) is 3.11. The lowest BCUT2D eigenvalue weighted by Gasteiger charge is -2.28. The summed E-state index contributed by atoms with van der Waals surface area (Å²) in [6.07, 6.45) is 13.3. The number of amides is 4. The smallest absolute Gasteiger partial charge is 0.412 e. The van der Waals surface area contributed by atoms with Gasteiger partial charge in [-0.15, -0.1) is 0 Å². The second-order valence-electron chi connectivity index (χ2n) is 13.1. The van der Waals surface area contributed by atoms with Crippen molar-refractivity contribution in [3.8, 4) is 0 Å². The molecule has 4 amide bonds. The molecule has 1 aliphatic carbocycles. The number of ether oxygens (including phenoxy) is 4. The van der Waals surface area contributed by atoms with Gasteiger partial charge in [0.15, 0.2) is 12.0 Å². The Bertz CT molecular complexity index is 1620. The molecule has 3 aliphatic rings. The average molecular weight is 687 g/mol. The first kappa shape index (κ1) is 36.1. The van der Waals surface area contributed by atoms with E-state index in [0.29, 0.717) is 23.7 Å². The molecule has 3 N–H and O–H groups in total. The Morgan fingerprint density at radius 1 is 0.980 bits per heavy atom. The fourth-order valence-corrected chi connectivity index (χ4v) is 5.40. The van der Waals surface area contributed by atoms with E-state index in [0.717, 1.165) is 69.7 Å². The van der Waals surface area contributed by atoms with E-state index < -0.39 is 17.6 Å². The van der Waals surface area contributed by atoms with Gasteiger partial charge in [-0.05, 0) is 82.3 Å². The fourth-order valence-electron chi connectivity index (χ4n) is 5.40. The van der Waals surface area contributed by atoms with Crippen molar-refractivity contribution in [2.75, 3.05) is 50.0 Å². The summed E-state index contributed by atoms with van der Waals surface area (Å²) in [4.78, 5) is 47.5. The molecular weight excluding hydrogens is 640 g/mol. The molecular formula is C37H46N6O7. The van der Waals surface area contributed by atoms with Crippen molar-refractivity contribution in [1.29, 1.82) is 0 Å². The zero-order valence-corrected chi connectivity index (χ0v) is 28.9. The Kier molecular flexibility index (Phi) is 12.6. The van der Waals surface area contributed by atoms with Gasteiger partial charge in [-0.25, -0.2) is 9.59 Å². The number of carbonyl (C=O) groups excluding carboxylic acids is 3. The highest BCUT2D eigenvalue weighted by atomic mass is 16.6. The number of nitrogens with zero attached hydrogens (tertiary/aromatic N) is 3. The summed E-state index contributed by atoms with van der Waals surface area (Å²) in [7, 11) is 0. The van der Waals surface area contributed by atoms with Gasteiger partial charge in [-0.3, -0.25) is 25.3 Å². The zero-order valence-electron chi connectivity index (χ0n) is 28.9. The maximum atomic E-state index is 13.6. The van der Waals surface area contributed by atoms with Crippen molar-refractivity contribution in [3.05, 3.63) is 102 Å². The van der Waals surface area contributed by atoms with Crippen LogP contribution in [-0.4, -0.2) is 77.8 Å². The van der Waals surface area contributed by atoms with Crippen LogP contribution in [0.25, 0.3) is 0 Å². The van der Waals surface area contributed by atoms with Crippen molar-refractivity contribution in [1.82, 2.24) is 20.1 Å². The fraction of sp³-hybridized carbons (Fsp3) is 0.405. The van der Waals surface area contributed by atoms with Crippen LogP contribution in [0.2, 0.25) is 0 Å². The van der Waals surface area contributed by atoms with Crippen molar-refractivity contribution in [2.24, 2.45) is 0 Å². The molecule has 2 aliphatic heterocycles. The SMILES string of the molecule is CC(C)(C)OC(=O)Nc1ccccc1NC(=O)c1ccc(CN(CCCCN2CCOCC2)C(=O)NC2=COC=C(C3=CC=CCC3)O2)cn1. The van der Waals surface area contributed by atoms with Crippen LogP contribution in [-0.2, 0) is 25.5 Å². The number of allylic oxidation sites excluding steroid dienone is 4. The van der Waals surface area contributed by atoms with Crippen molar-refractivity contribution >= 4 is 29.4 Å². The third kappa shape index (κ3) is 11.2. The first-order valence-electron chi connectivity index (χ1n) is 16.9. The third-order valence-corrected chi connectivity index (χ3v) is 7.92. The topological polar surface area (TPSA) is 144 Å². The molecule has 0 unspecified atom stereocenters. The summed E-state index contributed by atoms with van der Waals surface area (Å²) in [5.74, 6) is 0.305. The molecule has 50 heavy (non-hydrogen) atoms. The minimum absolute atomic E-state index is 0.173. The van der Waals surface area contributed by atoms with Crippen LogP contribution < -0.4 is 16.0 Å². The molecule has 1 fully saturated rings. The maximum absolute atomic E-state index is 13.6. The highest BCUT2D eigenvalue weighted by molar-refractivity contribution is 6.05. The minimum atomic E-state index is -0.673. The molecule has 3 heterocycles. The first-order valence-corrected chi connectivity index (χ1v) is 16.9. The van der Waals surface area contributed by atoms with Crippen LogP contribution in [0.1, 0.15) is 62.5 Å². The molecule has 13 heteroatoms. The number of morpholine rings is 1. The molecule has 1 aromatic carbocycles. The van der Waals surface area contributed by atoms with Gasteiger partial charge in [0, 0.05) is 32.4 Å². The Morgan fingerprint density at radius 2 is 1.76 bits per heavy atom. The van der Waals surface area contributed by atoms with E-state index in [4.69, 9.17) is 18.9 Å². The van der Waals surface area contributed by atoms with Gasteiger partial charge in [-0.1, -0.05) is 36.4 Å². The monoisotopic (exact) mass is 686 g/mol. The number of carbonyl (C=O) groups is 3. The molecule has 0 spiro atoms. The summed E-state index contributed by atoms with van der Waals surface area (Å²) < 4.78 is 22.3. The van der Waals surface area contributed by atoms with Gasteiger partial charge < -0.3 is 29.2 Å². The van der Waals surface area contributed by atoms with Crippen LogP contribution in [0.4, 0.5) is 21.0 Å². The lowest BCUT2D eigenvalue weighted by Crippen LogP contribution is -2.41. The number of unbranched alkanes of at least 4 members (excludes halogenated alkanes) is 1. The van der Waals surface area contributed by atoms with Crippen molar-refractivity contribution in [2.45, 2.75) is 58.6 Å². The summed E-state index contributed by atoms with van der Waals surface area (Å²) in [6, 6.07) is 9.85. The Balaban J connectivity index is 1.20. The molecule has 0 saturated carbocycles. The number of aromatic nitrogens is 1. The van der Waals surface area contributed by atoms with Crippen LogP contribution in [0.5, 0.6) is 0 Å². The summed E-state index contributed by atoms with van der Waals surface area (Å²) in [5.41, 5.74) is 2.02. The third-order valence-electron chi connectivity index (χ3n) is 7.92. The first-order chi connectivity index (χ1) is 24.1. The molecule has 0 atom stereocenters. The molecule has 1 aromatic heterocycles. The van der Waals surface area contributed by atoms with E-state index in [-0.39, 0.29) is 24.2 Å². The number of urea groups is 1. The van der Waals surface area contributed by atoms with Crippen LogP contribution in [0, 0.1) is 0 Å². The second-order valence-corrected chi connectivity index (χ2v) is 13.1. The highest BCUT2D eigenvalue weighted by Crippen LogP contribution is 2.26. The summed E-state index contributed by atoms with van der Waals surface area (Å²) >= 11 is 0. The van der Waals surface area contributed by atoms with Crippen LogP contribution in [0.15, 0.2) is 90.6 Å². The van der Waals surface area contributed by atoms with Gasteiger partial charge in [0.1, 0.15) is 17.6 Å². The predicted octanol–water partition coefficient (Wildman–Crippen LogP) is 6.27. The number of pyridine rings is 1. The molecule has 266 valence electrons. The minimum Gasteiger partial charge on any atom is -0.463 e. The van der Waals surface area contributed by atoms with E-state index in [1.54, 1.807) is 68.3 Å². The lowest BCUT2D eigenvalue weighted by molar-refractivity contribution is 0.0369. The number of hydrogen-bond acceptors (Lipinski definition) is 9. The molecule has 0 bridgehead atoms. The quantitative estimate of drug-likeness (QED) is 0.220. The van der Waals surface area contributed by atoms with Gasteiger partial charge >= 0.3 is 12.1 Å². The Labute approximate surface area is 293 Å². The number of benzene rings is 1. The van der Waals surface area contributed by atoms with Gasteiger partial charge in [0.25, 0.3) is 5.91 Å². The normalized spacial score (nSPS) is 16.1. The zero-order chi connectivity index (χ0) is 35.3. The lowest BCUT2D eigenvalue weighted by atomic mass is 10.0. The summed E-state index contributed by atoms with van der Waals surface area (Å²) in [6.45, 7) is 10.3. The number of anilines is 2. The van der Waals surface area contributed by atoms with Gasteiger partial charge in [0.05, 0.1) is 24.6 Å². The van der Waals surface area contributed by atoms with Crippen molar-refractivity contribution in [3.63, 3.8) is 0 Å². The Hall–Kier alpha value is -5.14. The van der Waals surface area contributed by atoms with E-state index in [1.807, 2.05) is 12.2 Å². The Morgan fingerprint density at radius 3 is 2.46 bits per heavy atom. The largest absolute Gasteiger partial charge is 0.463 e. The van der Waals surface area contributed by atoms with Gasteiger partial charge in [-0.2, -0.15) is 0 Å². The highest BCUT2D eigenvalue weighted by Gasteiger charge is 2.22. The number of rotatable bonds is 12. The van der Waals surface area contributed by atoms with Crippen molar-refractivity contribution < 1.29 is 33.3 Å². The van der Waals surface area contributed by atoms with E-state index in [1.165, 1.54) is 12.5 Å². The summed E-state index contributed by atoms with van der Waals surface area (Å²) in [5, 5.41) is 8.33. The molecule has 5 rings (SSSR count). The van der Waals surface area contributed by atoms with Crippen LogP contribution in [0.3, 0.4) is 0 Å². The second kappa shape index (κ2) is 17.5. The number of para-hydroxylation sites is 2. The molecule has 0 radical (unpaired) electrons. The number of hydrogen-bond donors (Lipinski definition) is 3.